The summed E-state index contributed by atoms with van der Waals surface area (Å²) in [6.45, 7) is -0.456. The van der Waals surface area contributed by atoms with Crippen LogP contribution in [0.5, 0.6) is 5.75 Å². The Bertz CT molecular complexity index is 1720. The predicted molar refractivity (Wildman–Crippen MR) is 157 cm³/mol. The molecule has 0 radical (unpaired) electrons. The number of amides is 2. The van der Waals surface area contributed by atoms with E-state index < -0.39 is 39.1 Å². The third kappa shape index (κ3) is 7.35. The average molecular weight is 624 g/mol. The molecule has 11 heteroatoms. The molecular weight excluding hydrogens is 596 g/mol. The van der Waals surface area contributed by atoms with Crippen molar-refractivity contribution in [1.29, 1.82) is 0 Å². The van der Waals surface area contributed by atoms with E-state index in [4.69, 9.17) is 4.74 Å². The number of halogens is 1. The second-order valence-electron chi connectivity index (χ2n) is 10.00. The number of ether oxygens (including phenoxy) is 1. The van der Waals surface area contributed by atoms with E-state index in [0.717, 1.165) is 4.90 Å². The van der Waals surface area contributed by atoms with Crippen LogP contribution in [0.1, 0.15) is 28.7 Å². The summed E-state index contributed by atoms with van der Waals surface area (Å²) in [4.78, 5) is 28.8. The van der Waals surface area contributed by atoms with Gasteiger partial charge in [-0.05, 0) is 46.5 Å². The fourth-order valence-electron chi connectivity index (χ4n) is 5.07. The van der Waals surface area contributed by atoms with Gasteiger partial charge in [-0.15, -0.1) is 0 Å². The molecule has 0 saturated heterocycles. The molecule has 0 aromatic heterocycles. The Morgan fingerprint density at radius 1 is 0.750 bits per heavy atom. The van der Waals surface area contributed by atoms with Crippen molar-refractivity contribution >= 4 is 33.1 Å². The van der Waals surface area contributed by atoms with Gasteiger partial charge in [0, 0.05) is 13.0 Å². The Kier molecular flexibility index (Phi) is 10.6. The summed E-state index contributed by atoms with van der Waals surface area (Å²) in [7, 11) is -4.44. The van der Waals surface area contributed by atoms with Gasteiger partial charge in [0.25, 0.3) is 11.8 Å². The Balaban J connectivity index is 0.00000442. The van der Waals surface area contributed by atoms with E-state index >= 15 is 0 Å². The van der Waals surface area contributed by atoms with Gasteiger partial charge in [0.1, 0.15) is 23.8 Å². The van der Waals surface area contributed by atoms with Gasteiger partial charge in [-0.3, -0.25) is 14.5 Å². The van der Waals surface area contributed by atoms with Gasteiger partial charge >= 0.3 is 29.6 Å². The van der Waals surface area contributed by atoms with Crippen LogP contribution >= 0.6 is 0 Å². The number of carbonyl (C=O) groups is 2. The summed E-state index contributed by atoms with van der Waals surface area (Å²) in [6, 6.07) is 29.3. The van der Waals surface area contributed by atoms with E-state index in [-0.39, 0.29) is 66.0 Å². The smallest absolute Gasteiger partial charge is 0.748 e. The summed E-state index contributed by atoms with van der Waals surface area (Å²) in [5, 5.41) is 12.0. The maximum atomic E-state index is 13.9. The molecule has 1 aliphatic heterocycles. The predicted octanol–water partition coefficient (Wildman–Crippen LogP) is 1.36. The normalized spacial score (nSPS) is 13.7. The Morgan fingerprint density at radius 3 is 1.66 bits per heavy atom. The molecule has 2 amide bonds. The molecule has 4 aromatic rings. The minimum Gasteiger partial charge on any atom is -0.748 e. The first-order valence-electron chi connectivity index (χ1n) is 13.4. The van der Waals surface area contributed by atoms with Crippen LogP contribution < -0.4 is 34.3 Å². The number of rotatable bonds is 11. The molecule has 5 rings (SSSR count). The van der Waals surface area contributed by atoms with Crippen molar-refractivity contribution in [1.82, 2.24) is 4.90 Å². The fourth-order valence-corrected chi connectivity index (χ4v) is 5.35. The monoisotopic (exact) mass is 623 g/mol. The van der Waals surface area contributed by atoms with Gasteiger partial charge < -0.3 is 14.4 Å². The van der Waals surface area contributed by atoms with Crippen LogP contribution in [-0.2, 0) is 25.3 Å². The first-order chi connectivity index (χ1) is 20.6. The number of hydrogen-bond acceptors (Lipinski definition) is 7. The summed E-state index contributed by atoms with van der Waals surface area (Å²) < 4.78 is 51.7. The minimum atomic E-state index is -4.44. The van der Waals surface area contributed by atoms with Gasteiger partial charge in [-0.1, -0.05) is 84.9 Å². The third-order valence-corrected chi connectivity index (χ3v) is 7.91. The van der Waals surface area contributed by atoms with Crippen LogP contribution in [0, 0.1) is 5.82 Å². The van der Waals surface area contributed by atoms with Crippen LogP contribution in [0.15, 0.2) is 109 Å². The van der Waals surface area contributed by atoms with Crippen LogP contribution in [0.4, 0.5) is 4.39 Å². The number of benzene rings is 4. The zero-order valence-electron chi connectivity index (χ0n) is 23.9. The molecule has 220 valence electrons. The average Bonchev–Trinajstić information content (AvgIpc) is 3.25. The fraction of sp³-hybridized carbons (Fsp3) is 0.152. The summed E-state index contributed by atoms with van der Waals surface area (Å²) in [6.07, 6.45) is 0.0118. The molecule has 0 unspecified atom stereocenters. The molecule has 1 N–H and O–H groups in total. The molecule has 0 atom stereocenters. The number of carbonyl (C=O) groups excluding carboxylic acids is 2. The van der Waals surface area contributed by atoms with Crippen molar-refractivity contribution in [2.45, 2.75) is 12.0 Å². The maximum absolute atomic E-state index is 13.9. The summed E-state index contributed by atoms with van der Waals surface area (Å²) >= 11 is 0. The first-order valence-corrected chi connectivity index (χ1v) is 15.0. The molecule has 0 spiro atoms. The molecule has 4 aromatic carbocycles. The molecule has 1 aliphatic rings. The molecule has 1 heterocycles. The van der Waals surface area contributed by atoms with Crippen LogP contribution in [-0.4, -0.2) is 53.7 Å². The largest absolute Gasteiger partial charge is 1.00 e. The van der Waals surface area contributed by atoms with Crippen molar-refractivity contribution in [3.63, 3.8) is 0 Å². The van der Waals surface area contributed by atoms with Gasteiger partial charge in [-0.2, -0.15) is 0 Å². The van der Waals surface area contributed by atoms with E-state index in [2.05, 4.69) is 0 Å². The Morgan fingerprint density at radius 2 is 1.20 bits per heavy atom. The molecular formula is C33H27FNNaO7S. The number of imide groups is 1. The van der Waals surface area contributed by atoms with E-state index in [9.17, 15) is 32.1 Å². The summed E-state index contributed by atoms with van der Waals surface area (Å²) in [5.74, 6) is -2.11. The van der Waals surface area contributed by atoms with Gasteiger partial charge in [-0.25, -0.2) is 12.8 Å². The number of aliphatic hydroxyl groups is 1. The van der Waals surface area contributed by atoms with Crippen molar-refractivity contribution in [2.24, 2.45) is 0 Å². The molecule has 0 fully saturated rings. The quantitative estimate of drug-likeness (QED) is 0.152. The standard InChI is InChI=1S/C33H28FNO7S.Na/c34-27-15-11-23(12-16-27)29-30(24-13-17-28(18-14-24)42-21-22-43(39,40)41)32(37)35(31(29)36)20-19-33(38,25-7-3-1-4-8-25)26-9-5-2-6-10-26;/h1-18,38H,19-22H2,(H,39,40,41);/q;+1/p-1. The van der Waals surface area contributed by atoms with Gasteiger partial charge in [0.15, 0.2) is 0 Å². The second-order valence-corrected chi connectivity index (χ2v) is 11.5. The molecule has 0 bridgehead atoms. The summed E-state index contributed by atoms with van der Waals surface area (Å²) in [5.41, 5.74) is 0.607. The van der Waals surface area contributed by atoms with Crippen molar-refractivity contribution < 1.29 is 66.4 Å². The number of nitrogens with zero attached hydrogens (tertiary/aromatic N) is 1. The van der Waals surface area contributed by atoms with Crippen molar-refractivity contribution in [2.75, 3.05) is 18.9 Å². The molecule has 44 heavy (non-hydrogen) atoms. The zero-order valence-corrected chi connectivity index (χ0v) is 26.7. The molecule has 0 saturated carbocycles. The van der Waals surface area contributed by atoms with E-state index in [1.165, 1.54) is 36.4 Å². The molecule has 0 aliphatic carbocycles. The van der Waals surface area contributed by atoms with Crippen molar-refractivity contribution in [3.8, 4) is 5.75 Å². The van der Waals surface area contributed by atoms with Crippen molar-refractivity contribution in [3.05, 3.63) is 137 Å². The Labute approximate surface area is 276 Å². The van der Waals surface area contributed by atoms with E-state index in [0.29, 0.717) is 22.3 Å². The first kappa shape index (κ1) is 33.3. The SMILES string of the molecule is O=C1C(c2ccc(F)cc2)=C(c2ccc(OCCS(=O)(=O)[O-])cc2)C(=O)N1CCC(O)(c1ccccc1)c1ccccc1.[Na+]. The third-order valence-electron chi connectivity index (χ3n) is 7.25. The zero-order chi connectivity index (χ0) is 30.6. The topological polar surface area (TPSA) is 124 Å². The maximum Gasteiger partial charge on any atom is 1.00 e. The van der Waals surface area contributed by atoms with E-state index in [1.807, 2.05) is 12.1 Å². The van der Waals surface area contributed by atoms with Crippen LogP contribution in [0.2, 0.25) is 0 Å². The van der Waals surface area contributed by atoms with Gasteiger partial charge in [0.2, 0.25) is 0 Å². The van der Waals surface area contributed by atoms with Crippen LogP contribution in [0.25, 0.3) is 11.1 Å². The Hall–Kier alpha value is -3.64. The minimum absolute atomic E-state index is 0. The molecule has 8 nitrogen and oxygen atoms in total. The van der Waals surface area contributed by atoms with Gasteiger partial charge in [0.05, 0.1) is 27.0 Å². The second kappa shape index (κ2) is 14.0. The van der Waals surface area contributed by atoms with E-state index in [1.54, 1.807) is 60.7 Å². The number of hydrogen-bond donors (Lipinski definition) is 1. The van der Waals surface area contributed by atoms with Crippen LogP contribution in [0.3, 0.4) is 0 Å².